The zero-order valence-corrected chi connectivity index (χ0v) is 14.8. The van der Waals surface area contributed by atoms with Crippen LogP contribution in [0.2, 0.25) is 0 Å². The number of benzene rings is 1. The summed E-state index contributed by atoms with van der Waals surface area (Å²) in [5, 5.41) is 2.71. The van der Waals surface area contributed by atoms with Crippen molar-refractivity contribution in [2.45, 2.75) is 33.3 Å². The van der Waals surface area contributed by atoms with E-state index in [0.717, 1.165) is 0 Å². The topological polar surface area (TPSA) is 67.9 Å². The number of rotatable bonds is 5. The molecule has 6 nitrogen and oxygen atoms in total. The molecule has 2 amide bonds. The number of amides is 2. The van der Waals surface area contributed by atoms with Crippen molar-refractivity contribution in [1.29, 1.82) is 0 Å². The molecular formula is C18H24N2O4. The zero-order chi connectivity index (χ0) is 18.3. The quantitative estimate of drug-likeness (QED) is 0.842. The third-order valence-corrected chi connectivity index (χ3v) is 2.93. The molecule has 0 saturated heterocycles. The predicted molar refractivity (Wildman–Crippen MR) is 93.4 cm³/mol. The van der Waals surface area contributed by atoms with Gasteiger partial charge >= 0.3 is 6.09 Å². The highest BCUT2D eigenvalue weighted by molar-refractivity contribution is 5.97. The largest absolute Gasteiger partial charge is 0.495 e. The second-order valence-corrected chi connectivity index (χ2v) is 6.02. The Hall–Kier alpha value is -2.68. The van der Waals surface area contributed by atoms with Crippen molar-refractivity contribution in [3.63, 3.8) is 0 Å². The van der Waals surface area contributed by atoms with Crippen molar-refractivity contribution in [2.75, 3.05) is 25.1 Å². The minimum Gasteiger partial charge on any atom is -0.495 e. The maximum absolute atomic E-state index is 12.4. The number of anilines is 1. The molecule has 0 aliphatic carbocycles. The molecule has 0 saturated carbocycles. The molecule has 0 fully saturated rings. The Bertz CT molecular complexity index is 641. The molecular weight excluding hydrogens is 308 g/mol. The van der Waals surface area contributed by atoms with E-state index < -0.39 is 11.7 Å². The average molecular weight is 332 g/mol. The van der Waals surface area contributed by atoms with Gasteiger partial charge in [0.15, 0.2) is 0 Å². The summed E-state index contributed by atoms with van der Waals surface area (Å²) in [5.41, 5.74) is 0.220. The number of nitrogens with zero attached hydrogens (tertiary/aromatic N) is 1. The van der Waals surface area contributed by atoms with Crippen LogP contribution < -0.4 is 15.0 Å². The molecule has 1 N–H and O–H groups in total. The fourth-order valence-corrected chi connectivity index (χ4v) is 1.96. The van der Waals surface area contributed by atoms with Gasteiger partial charge in [-0.15, -0.1) is 6.42 Å². The number of carbonyl (C=O) groups is 2. The molecule has 0 heterocycles. The van der Waals surface area contributed by atoms with E-state index in [4.69, 9.17) is 15.9 Å². The molecule has 0 aliphatic heterocycles. The Morgan fingerprint density at radius 3 is 2.50 bits per heavy atom. The van der Waals surface area contributed by atoms with E-state index >= 15 is 0 Å². The van der Waals surface area contributed by atoms with Crippen LogP contribution in [-0.4, -0.2) is 37.8 Å². The number of ether oxygens (including phenoxy) is 2. The van der Waals surface area contributed by atoms with E-state index in [1.807, 2.05) is 6.92 Å². The van der Waals surface area contributed by atoms with Crippen molar-refractivity contribution in [1.82, 2.24) is 5.32 Å². The van der Waals surface area contributed by atoms with Crippen molar-refractivity contribution in [2.24, 2.45) is 0 Å². The fourth-order valence-electron chi connectivity index (χ4n) is 1.96. The molecule has 0 aromatic heterocycles. The van der Waals surface area contributed by atoms with Crippen LogP contribution in [0.15, 0.2) is 18.2 Å². The highest BCUT2D eigenvalue weighted by Crippen LogP contribution is 2.30. The Morgan fingerprint density at radius 2 is 2.00 bits per heavy atom. The molecule has 0 spiro atoms. The molecule has 1 rings (SSSR count). The first-order valence-electron chi connectivity index (χ1n) is 7.63. The summed E-state index contributed by atoms with van der Waals surface area (Å²) >= 11 is 0. The van der Waals surface area contributed by atoms with Crippen LogP contribution in [0.1, 0.15) is 38.1 Å². The van der Waals surface area contributed by atoms with Crippen molar-refractivity contribution >= 4 is 17.7 Å². The average Bonchev–Trinajstić information content (AvgIpc) is 2.50. The summed E-state index contributed by atoms with van der Waals surface area (Å²) in [5.74, 6) is 2.57. The monoisotopic (exact) mass is 332 g/mol. The summed E-state index contributed by atoms with van der Waals surface area (Å²) in [4.78, 5) is 25.6. The predicted octanol–water partition coefficient (Wildman–Crippen LogP) is 2.82. The van der Waals surface area contributed by atoms with Gasteiger partial charge in [-0.3, -0.25) is 9.69 Å². The van der Waals surface area contributed by atoms with E-state index in [1.165, 1.54) is 12.0 Å². The molecule has 0 bridgehead atoms. The lowest BCUT2D eigenvalue weighted by molar-refractivity contribution is 0.0584. The SMILES string of the molecule is C#CCN(C(=O)OC(C)(C)C)c1ccc(C(=O)NCC)cc1OC. The molecule has 0 radical (unpaired) electrons. The highest BCUT2D eigenvalue weighted by atomic mass is 16.6. The van der Waals surface area contributed by atoms with Gasteiger partial charge in [-0.1, -0.05) is 5.92 Å². The van der Waals surface area contributed by atoms with Crippen LogP contribution in [0.3, 0.4) is 0 Å². The maximum Gasteiger partial charge on any atom is 0.415 e. The number of hydrogen-bond donors (Lipinski definition) is 1. The minimum absolute atomic E-state index is 0.0196. The van der Waals surface area contributed by atoms with Gasteiger partial charge in [-0.05, 0) is 45.9 Å². The van der Waals surface area contributed by atoms with Crippen LogP contribution in [0, 0.1) is 12.3 Å². The molecule has 6 heteroatoms. The van der Waals surface area contributed by atoms with E-state index in [2.05, 4.69) is 11.2 Å². The van der Waals surface area contributed by atoms with E-state index in [0.29, 0.717) is 23.5 Å². The van der Waals surface area contributed by atoms with Gasteiger partial charge < -0.3 is 14.8 Å². The van der Waals surface area contributed by atoms with Crippen LogP contribution in [0.4, 0.5) is 10.5 Å². The van der Waals surface area contributed by atoms with E-state index in [-0.39, 0.29) is 12.5 Å². The number of carbonyl (C=O) groups excluding carboxylic acids is 2. The molecule has 1 aromatic carbocycles. The third kappa shape index (κ3) is 5.20. The van der Waals surface area contributed by atoms with Crippen molar-refractivity contribution in [3.8, 4) is 18.1 Å². The molecule has 24 heavy (non-hydrogen) atoms. The Labute approximate surface area is 143 Å². The molecule has 0 atom stereocenters. The van der Waals surface area contributed by atoms with E-state index in [9.17, 15) is 9.59 Å². The number of nitrogens with one attached hydrogen (secondary N) is 1. The summed E-state index contributed by atoms with van der Waals surface area (Å²) in [6.45, 7) is 7.69. The zero-order valence-electron chi connectivity index (χ0n) is 14.8. The fraction of sp³-hybridized carbons (Fsp3) is 0.444. The Morgan fingerprint density at radius 1 is 1.33 bits per heavy atom. The Kier molecular flexibility index (Phi) is 6.66. The van der Waals surface area contributed by atoms with Crippen LogP contribution in [-0.2, 0) is 4.74 Å². The van der Waals surface area contributed by atoms with Crippen molar-refractivity contribution < 1.29 is 19.1 Å². The lowest BCUT2D eigenvalue weighted by Crippen LogP contribution is -2.37. The van der Waals surface area contributed by atoms with Gasteiger partial charge in [-0.2, -0.15) is 0 Å². The summed E-state index contributed by atoms with van der Waals surface area (Å²) in [6.07, 6.45) is 4.79. The smallest absolute Gasteiger partial charge is 0.415 e. The number of hydrogen-bond acceptors (Lipinski definition) is 4. The molecule has 0 unspecified atom stereocenters. The summed E-state index contributed by atoms with van der Waals surface area (Å²) in [7, 11) is 1.46. The lowest BCUT2D eigenvalue weighted by Gasteiger charge is -2.27. The van der Waals surface area contributed by atoms with Gasteiger partial charge in [0.25, 0.3) is 5.91 Å². The van der Waals surface area contributed by atoms with Gasteiger partial charge in [0, 0.05) is 12.1 Å². The van der Waals surface area contributed by atoms with Gasteiger partial charge in [0.1, 0.15) is 11.4 Å². The first-order valence-corrected chi connectivity index (χ1v) is 7.63. The second-order valence-electron chi connectivity index (χ2n) is 6.02. The van der Waals surface area contributed by atoms with Gasteiger partial charge in [-0.25, -0.2) is 4.79 Å². The second kappa shape index (κ2) is 8.25. The Balaban J connectivity index is 3.21. The first-order chi connectivity index (χ1) is 11.2. The number of methoxy groups -OCH3 is 1. The van der Waals surface area contributed by atoms with Crippen LogP contribution >= 0.6 is 0 Å². The molecule has 130 valence electrons. The first kappa shape index (κ1) is 19.4. The maximum atomic E-state index is 12.4. The third-order valence-electron chi connectivity index (χ3n) is 2.93. The lowest BCUT2D eigenvalue weighted by atomic mass is 10.1. The van der Waals surface area contributed by atoms with Crippen molar-refractivity contribution in [3.05, 3.63) is 23.8 Å². The summed E-state index contributed by atoms with van der Waals surface area (Å²) in [6, 6.07) is 4.79. The summed E-state index contributed by atoms with van der Waals surface area (Å²) < 4.78 is 10.7. The minimum atomic E-state index is -0.655. The highest BCUT2D eigenvalue weighted by Gasteiger charge is 2.25. The number of terminal acetylenes is 1. The molecule has 0 aliphatic rings. The van der Waals surface area contributed by atoms with Gasteiger partial charge in [0.05, 0.1) is 19.3 Å². The van der Waals surface area contributed by atoms with Gasteiger partial charge in [0.2, 0.25) is 0 Å². The standard InChI is InChI=1S/C18H24N2O4/c1-7-11-20(17(22)24-18(3,4)5)14-10-9-13(12-15(14)23-6)16(21)19-8-2/h1,9-10,12H,8,11H2,2-6H3,(H,19,21). The normalized spacial score (nSPS) is 10.5. The van der Waals surface area contributed by atoms with Crippen LogP contribution in [0.25, 0.3) is 0 Å². The molecule has 1 aromatic rings. The van der Waals surface area contributed by atoms with E-state index in [1.54, 1.807) is 39.0 Å². The van der Waals surface area contributed by atoms with Crippen LogP contribution in [0.5, 0.6) is 5.75 Å².